The van der Waals surface area contributed by atoms with Crippen LogP contribution in [0.4, 0.5) is 0 Å². The number of nitrogens with two attached hydrogens (primary N) is 1. The number of H-pyrrole nitrogens is 1. The second-order valence-corrected chi connectivity index (χ2v) is 3.87. The van der Waals surface area contributed by atoms with E-state index in [4.69, 9.17) is 18.0 Å². The minimum absolute atomic E-state index is 0.443. The van der Waals surface area contributed by atoms with Gasteiger partial charge in [-0.1, -0.05) is 6.07 Å². The molecule has 1 heterocycles. The molecule has 0 saturated carbocycles. The molecule has 2 rings (SSSR count). The normalized spacial score (nSPS) is 10.3. The van der Waals surface area contributed by atoms with Crippen LogP contribution in [0.3, 0.4) is 0 Å². The Morgan fingerprint density at radius 3 is 2.81 bits per heavy atom. The highest BCUT2D eigenvalue weighted by molar-refractivity contribution is 7.71. The number of nitrogens with zero attached hydrogens (tertiary/aromatic N) is 1. The van der Waals surface area contributed by atoms with E-state index in [9.17, 15) is 4.79 Å². The quantitative estimate of drug-likeness (QED) is 0.779. The Balaban J connectivity index is 2.61. The molecule has 0 aliphatic rings. The van der Waals surface area contributed by atoms with E-state index in [0.717, 1.165) is 11.4 Å². The van der Waals surface area contributed by atoms with Crippen molar-refractivity contribution in [1.29, 1.82) is 0 Å². The average molecular weight is 233 g/mol. The van der Waals surface area contributed by atoms with Crippen molar-refractivity contribution in [3.8, 4) is 5.69 Å². The summed E-state index contributed by atoms with van der Waals surface area (Å²) in [7, 11) is 0. The van der Waals surface area contributed by atoms with Crippen LogP contribution < -0.4 is 5.73 Å². The number of carbonyl (C=O) groups is 1. The predicted octanol–water partition coefficient (Wildman–Crippen LogP) is 1.94. The zero-order chi connectivity index (χ0) is 11.7. The highest BCUT2D eigenvalue weighted by Crippen LogP contribution is 2.13. The monoisotopic (exact) mass is 233 g/mol. The van der Waals surface area contributed by atoms with Gasteiger partial charge in [0.1, 0.15) is 0 Å². The van der Waals surface area contributed by atoms with Gasteiger partial charge in [-0.15, -0.1) is 0 Å². The first kappa shape index (κ1) is 10.6. The molecule has 1 aromatic heterocycles. The molecule has 0 aliphatic carbocycles. The number of rotatable bonds is 2. The molecule has 2 aromatic rings. The molecule has 16 heavy (non-hydrogen) atoms. The third kappa shape index (κ3) is 1.77. The standard InChI is InChI=1S/C11H11N3OS/c1-7-6-13-11(16)14(7)9-4-2-3-8(5-9)10(12)15/h2-6H,1H3,(H2,12,15)(H,13,16). The molecule has 5 heteroatoms. The Kier molecular flexibility index (Phi) is 2.62. The van der Waals surface area contributed by atoms with E-state index in [2.05, 4.69) is 4.98 Å². The summed E-state index contributed by atoms with van der Waals surface area (Å²) in [5.74, 6) is -0.443. The summed E-state index contributed by atoms with van der Waals surface area (Å²) in [6.45, 7) is 1.93. The maximum Gasteiger partial charge on any atom is 0.248 e. The van der Waals surface area contributed by atoms with Crippen LogP contribution >= 0.6 is 12.2 Å². The molecular formula is C11H11N3OS. The number of hydrogen-bond donors (Lipinski definition) is 2. The van der Waals surface area contributed by atoms with E-state index in [0.29, 0.717) is 10.3 Å². The lowest BCUT2D eigenvalue weighted by Crippen LogP contribution is -2.11. The number of primary amides is 1. The van der Waals surface area contributed by atoms with E-state index >= 15 is 0 Å². The predicted molar refractivity (Wildman–Crippen MR) is 64.2 cm³/mol. The lowest BCUT2D eigenvalue weighted by Gasteiger charge is -2.06. The smallest absolute Gasteiger partial charge is 0.248 e. The van der Waals surface area contributed by atoms with Crippen molar-refractivity contribution in [2.24, 2.45) is 5.73 Å². The van der Waals surface area contributed by atoms with Crippen molar-refractivity contribution in [2.75, 3.05) is 0 Å². The van der Waals surface area contributed by atoms with Crippen LogP contribution in [0.25, 0.3) is 5.69 Å². The fourth-order valence-corrected chi connectivity index (χ4v) is 1.88. The molecule has 0 radical (unpaired) electrons. The van der Waals surface area contributed by atoms with Crippen LogP contribution in [-0.4, -0.2) is 15.5 Å². The third-order valence-corrected chi connectivity index (χ3v) is 2.65. The number of aryl methyl sites for hydroxylation is 1. The van der Waals surface area contributed by atoms with Gasteiger partial charge in [0.15, 0.2) is 4.77 Å². The van der Waals surface area contributed by atoms with Crippen LogP contribution in [0.5, 0.6) is 0 Å². The van der Waals surface area contributed by atoms with Crippen LogP contribution in [-0.2, 0) is 0 Å². The highest BCUT2D eigenvalue weighted by Gasteiger charge is 2.05. The van der Waals surface area contributed by atoms with Crippen molar-refractivity contribution in [3.63, 3.8) is 0 Å². The van der Waals surface area contributed by atoms with Crippen LogP contribution in [0.1, 0.15) is 16.1 Å². The number of benzene rings is 1. The number of amides is 1. The fraction of sp³-hybridized carbons (Fsp3) is 0.0909. The molecule has 0 saturated heterocycles. The van der Waals surface area contributed by atoms with Gasteiger partial charge < -0.3 is 10.7 Å². The topological polar surface area (TPSA) is 63.8 Å². The van der Waals surface area contributed by atoms with Crippen molar-refractivity contribution >= 4 is 18.1 Å². The fourth-order valence-electron chi connectivity index (χ4n) is 1.57. The van der Waals surface area contributed by atoms with Gasteiger partial charge in [-0.25, -0.2) is 0 Å². The number of carbonyl (C=O) groups excluding carboxylic acids is 1. The summed E-state index contributed by atoms with van der Waals surface area (Å²) >= 11 is 5.16. The second-order valence-electron chi connectivity index (χ2n) is 3.49. The van der Waals surface area contributed by atoms with Gasteiger partial charge in [0.05, 0.1) is 0 Å². The molecule has 1 aromatic carbocycles. The van der Waals surface area contributed by atoms with Crippen molar-refractivity contribution in [1.82, 2.24) is 9.55 Å². The zero-order valence-electron chi connectivity index (χ0n) is 8.73. The molecular weight excluding hydrogens is 222 g/mol. The minimum atomic E-state index is -0.443. The number of aromatic amines is 1. The first-order valence-electron chi connectivity index (χ1n) is 4.77. The SMILES string of the molecule is Cc1c[nH]c(=S)n1-c1cccc(C(N)=O)c1. The Bertz CT molecular complexity index is 597. The lowest BCUT2D eigenvalue weighted by atomic mass is 10.2. The molecule has 1 amide bonds. The maximum atomic E-state index is 11.1. The average Bonchev–Trinajstić information content (AvgIpc) is 2.59. The first-order chi connectivity index (χ1) is 7.59. The summed E-state index contributed by atoms with van der Waals surface area (Å²) < 4.78 is 2.45. The van der Waals surface area contributed by atoms with Crippen LogP contribution in [0.2, 0.25) is 0 Å². The second kappa shape index (κ2) is 3.94. The number of nitrogens with one attached hydrogen (secondary N) is 1. The first-order valence-corrected chi connectivity index (χ1v) is 5.17. The molecule has 4 nitrogen and oxygen atoms in total. The van der Waals surface area contributed by atoms with Gasteiger partial charge in [0.2, 0.25) is 5.91 Å². The lowest BCUT2D eigenvalue weighted by molar-refractivity contribution is 0.100. The van der Waals surface area contributed by atoms with Gasteiger partial charge in [-0.2, -0.15) is 0 Å². The minimum Gasteiger partial charge on any atom is -0.366 e. The van der Waals surface area contributed by atoms with Gasteiger partial charge >= 0.3 is 0 Å². The number of aromatic nitrogens is 2. The summed E-state index contributed by atoms with van der Waals surface area (Å²) in [5, 5.41) is 0. The molecule has 82 valence electrons. The molecule has 0 bridgehead atoms. The molecule has 0 atom stereocenters. The van der Waals surface area contributed by atoms with E-state index in [1.807, 2.05) is 23.8 Å². The molecule has 0 spiro atoms. The van der Waals surface area contributed by atoms with Gasteiger partial charge in [0.25, 0.3) is 0 Å². The molecule has 3 N–H and O–H groups in total. The van der Waals surface area contributed by atoms with Gasteiger partial charge in [-0.05, 0) is 37.3 Å². The Labute approximate surface area is 97.7 Å². The Morgan fingerprint density at radius 2 is 2.25 bits per heavy atom. The number of hydrogen-bond acceptors (Lipinski definition) is 2. The third-order valence-electron chi connectivity index (χ3n) is 2.35. The highest BCUT2D eigenvalue weighted by atomic mass is 32.1. The maximum absolute atomic E-state index is 11.1. The summed E-state index contributed by atoms with van der Waals surface area (Å²) in [4.78, 5) is 14.0. The van der Waals surface area contributed by atoms with Gasteiger partial charge in [-0.3, -0.25) is 9.36 Å². The Hall–Kier alpha value is -1.88. The summed E-state index contributed by atoms with van der Waals surface area (Å²) in [6.07, 6.45) is 1.82. The van der Waals surface area contributed by atoms with Crippen molar-refractivity contribution < 1.29 is 4.79 Å². The summed E-state index contributed by atoms with van der Waals surface area (Å²) in [5.41, 5.74) is 7.51. The number of imidazole rings is 1. The molecule has 0 fully saturated rings. The molecule has 0 unspecified atom stereocenters. The largest absolute Gasteiger partial charge is 0.366 e. The molecule has 0 aliphatic heterocycles. The zero-order valence-corrected chi connectivity index (χ0v) is 9.54. The Morgan fingerprint density at radius 1 is 1.50 bits per heavy atom. The van der Waals surface area contributed by atoms with E-state index in [1.165, 1.54) is 0 Å². The van der Waals surface area contributed by atoms with E-state index < -0.39 is 5.91 Å². The van der Waals surface area contributed by atoms with Crippen LogP contribution in [0.15, 0.2) is 30.5 Å². The van der Waals surface area contributed by atoms with Crippen molar-refractivity contribution in [3.05, 3.63) is 46.5 Å². The van der Waals surface area contributed by atoms with Crippen molar-refractivity contribution in [2.45, 2.75) is 6.92 Å². The summed E-state index contributed by atoms with van der Waals surface area (Å²) in [6, 6.07) is 7.06. The van der Waals surface area contributed by atoms with E-state index in [-0.39, 0.29) is 0 Å². The van der Waals surface area contributed by atoms with Gasteiger partial charge in [0, 0.05) is 23.1 Å². The van der Waals surface area contributed by atoms with E-state index in [1.54, 1.807) is 18.2 Å². The van der Waals surface area contributed by atoms with Crippen LogP contribution in [0, 0.1) is 11.7 Å².